The van der Waals surface area contributed by atoms with Crippen molar-refractivity contribution in [2.24, 2.45) is 0 Å². The van der Waals surface area contributed by atoms with Crippen LogP contribution in [0.25, 0.3) is 21.6 Å². The van der Waals surface area contributed by atoms with Crippen molar-refractivity contribution in [1.29, 1.82) is 0 Å². The molecule has 5 rings (SSSR count). The van der Waals surface area contributed by atoms with Gasteiger partial charge in [0.15, 0.2) is 0 Å². The zero-order valence-electron chi connectivity index (χ0n) is 18.8. The zero-order valence-corrected chi connectivity index (χ0v) is 19.6. The van der Waals surface area contributed by atoms with Crippen molar-refractivity contribution in [3.63, 3.8) is 0 Å². The molecule has 10 heteroatoms. The monoisotopic (exact) mass is 478 g/mol. The number of thiophene rings is 1. The third-order valence-corrected chi connectivity index (χ3v) is 6.96. The van der Waals surface area contributed by atoms with Crippen molar-refractivity contribution in [2.45, 2.75) is 25.8 Å². The lowest BCUT2D eigenvalue weighted by Crippen LogP contribution is -2.49. The van der Waals surface area contributed by atoms with Gasteiger partial charge in [0, 0.05) is 45.6 Å². The fraction of sp³-hybridized carbons (Fsp3) is 0.375. The van der Waals surface area contributed by atoms with Crippen molar-refractivity contribution in [1.82, 2.24) is 29.5 Å². The molecule has 0 radical (unpaired) electrons. The largest absolute Gasteiger partial charge is 0.340 e. The summed E-state index contributed by atoms with van der Waals surface area (Å²) in [6, 6.07) is 11.2. The summed E-state index contributed by atoms with van der Waals surface area (Å²) >= 11 is 1.60. The van der Waals surface area contributed by atoms with Crippen LogP contribution in [0, 0.1) is 0 Å². The number of rotatable bonds is 8. The molecule has 0 bridgehead atoms. The molecule has 1 aromatic carbocycles. The Balaban J connectivity index is 1.05. The number of aromatic nitrogens is 4. The van der Waals surface area contributed by atoms with E-state index in [1.807, 2.05) is 40.6 Å². The van der Waals surface area contributed by atoms with Gasteiger partial charge in [0.05, 0.1) is 22.1 Å². The normalized spacial score (nSPS) is 14.6. The topological polar surface area (TPSA) is 97.4 Å². The van der Waals surface area contributed by atoms with Gasteiger partial charge in [-0.3, -0.25) is 19.1 Å². The Morgan fingerprint density at radius 3 is 2.74 bits per heavy atom. The summed E-state index contributed by atoms with van der Waals surface area (Å²) in [5, 5.41) is 6.63. The third kappa shape index (κ3) is 5.07. The van der Waals surface area contributed by atoms with Gasteiger partial charge in [-0.25, -0.2) is 4.98 Å². The molecule has 4 aromatic rings. The molecule has 0 aliphatic carbocycles. The van der Waals surface area contributed by atoms with Crippen LogP contribution in [0.2, 0.25) is 0 Å². The van der Waals surface area contributed by atoms with E-state index in [9.17, 15) is 9.59 Å². The number of aryl methyl sites for hydroxylation is 2. The molecule has 1 amide bonds. The summed E-state index contributed by atoms with van der Waals surface area (Å²) < 4.78 is 6.89. The molecule has 0 unspecified atom stereocenters. The number of fused-ring (bicyclic) bond motifs is 1. The molecule has 176 valence electrons. The summed E-state index contributed by atoms with van der Waals surface area (Å²) in [6.07, 6.45) is 3.50. The Kier molecular flexibility index (Phi) is 6.77. The van der Waals surface area contributed by atoms with Crippen LogP contribution in [0.15, 0.2) is 57.4 Å². The molecule has 0 spiro atoms. The molecule has 1 aliphatic rings. The molecule has 9 nitrogen and oxygen atoms in total. The standard InChI is InChI=1S/C24H26N6O3S/c31-22(9-11-30-17-25-19-6-2-1-5-18(19)24(30)32)29-14-12-28(13-15-29)10-3-8-21-26-23(27-33-21)20-7-4-16-34-20/h1-2,4-7,16-17H,3,8-15H2. The molecular weight excluding hydrogens is 452 g/mol. The average molecular weight is 479 g/mol. The van der Waals surface area contributed by atoms with Crippen molar-refractivity contribution >= 4 is 28.1 Å². The third-order valence-electron chi connectivity index (χ3n) is 6.10. The first-order valence-electron chi connectivity index (χ1n) is 11.5. The zero-order chi connectivity index (χ0) is 23.3. The van der Waals surface area contributed by atoms with E-state index in [4.69, 9.17) is 4.52 Å². The summed E-state index contributed by atoms with van der Waals surface area (Å²) in [7, 11) is 0. The summed E-state index contributed by atoms with van der Waals surface area (Å²) in [6.45, 7) is 4.35. The van der Waals surface area contributed by atoms with Gasteiger partial charge in [-0.15, -0.1) is 11.3 Å². The molecule has 1 aliphatic heterocycles. The van der Waals surface area contributed by atoms with Crippen LogP contribution in [-0.4, -0.2) is 68.1 Å². The Hall–Kier alpha value is -3.37. The summed E-state index contributed by atoms with van der Waals surface area (Å²) in [5.41, 5.74) is 0.570. The van der Waals surface area contributed by atoms with Crippen LogP contribution < -0.4 is 5.56 Å². The van der Waals surface area contributed by atoms with Gasteiger partial charge in [-0.1, -0.05) is 23.4 Å². The Labute approximate surface area is 200 Å². The van der Waals surface area contributed by atoms with E-state index in [-0.39, 0.29) is 11.5 Å². The van der Waals surface area contributed by atoms with E-state index in [1.165, 1.54) is 10.9 Å². The second kappa shape index (κ2) is 10.3. The van der Waals surface area contributed by atoms with Crippen LogP contribution >= 0.6 is 11.3 Å². The van der Waals surface area contributed by atoms with E-state index in [1.54, 1.807) is 17.4 Å². The van der Waals surface area contributed by atoms with Crippen molar-refractivity contribution in [2.75, 3.05) is 32.7 Å². The maximum absolute atomic E-state index is 12.7. The second-order valence-corrected chi connectivity index (χ2v) is 9.27. The van der Waals surface area contributed by atoms with Crippen molar-refractivity contribution in [3.05, 3.63) is 64.4 Å². The summed E-state index contributed by atoms with van der Waals surface area (Å²) in [4.78, 5) is 39.4. The minimum Gasteiger partial charge on any atom is -0.340 e. The maximum atomic E-state index is 12.7. The van der Waals surface area contributed by atoms with E-state index in [2.05, 4.69) is 20.0 Å². The molecule has 1 saturated heterocycles. The van der Waals surface area contributed by atoms with Crippen LogP contribution in [0.5, 0.6) is 0 Å². The van der Waals surface area contributed by atoms with E-state index < -0.39 is 0 Å². The molecule has 34 heavy (non-hydrogen) atoms. The number of carbonyl (C=O) groups is 1. The van der Waals surface area contributed by atoms with Crippen molar-refractivity contribution < 1.29 is 9.32 Å². The number of piperazine rings is 1. The fourth-order valence-corrected chi connectivity index (χ4v) is 4.83. The Morgan fingerprint density at radius 2 is 1.91 bits per heavy atom. The lowest BCUT2D eigenvalue weighted by Gasteiger charge is -2.34. The van der Waals surface area contributed by atoms with Crippen molar-refractivity contribution in [3.8, 4) is 10.7 Å². The summed E-state index contributed by atoms with van der Waals surface area (Å²) in [5.74, 6) is 1.39. The van der Waals surface area contributed by atoms with Gasteiger partial charge in [0.2, 0.25) is 17.6 Å². The van der Waals surface area contributed by atoms with Crippen LogP contribution in [0.4, 0.5) is 0 Å². The quantitative estimate of drug-likeness (QED) is 0.384. The predicted molar refractivity (Wildman–Crippen MR) is 130 cm³/mol. The maximum Gasteiger partial charge on any atom is 0.261 e. The predicted octanol–water partition coefficient (Wildman–Crippen LogP) is 2.68. The molecular formula is C24H26N6O3S. The second-order valence-electron chi connectivity index (χ2n) is 8.33. The molecule has 4 heterocycles. The first-order valence-corrected chi connectivity index (χ1v) is 12.4. The van der Waals surface area contributed by atoms with Gasteiger partial charge in [-0.2, -0.15) is 4.98 Å². The number of benzene rings is 1. The van der Waals surface area contributed by atoms with E-state index >= 15 is 0 Å². The number of carbonyl (C=O) groups excluding carboxylic acids is 1. The molecule has 0 atom stereocenters. The van der Waals surface area contributed by atoms with Gasteiger partial charge >= 0.3 is 0 Å². The number of nitrogens with zero attached hydrogens (tertiary/aromatic N) is 6. The van der Waals surface area contributed by atoms with Crippen LogP contribution in [-0.2, 0) is 17.8 Å². The van der Waals surface area contributed by atoms with Gasteiger partial charge in [0.25, 0.3) is 5.56 Å². The average Bonchev–Trinajstić information content (AvgIpc) is 3.56. The van der Waals surface area contributed by atoms with E-state index in [0.29, 0.717) is 48.7 Å². The van der Waals surface area contributed by atoms with Gasteiger partial charge in [0.1, 0.15) is 0 Å². The van der Waals surface area contributed by atoms with Crippen LogP contribution in [0.3, 0.4) is 0 Å². The van der Waals surface area contributed by atoms with Gasteiger partial charge < -0.3 is 9.42 Å². The number of hydrogen-bond donors (Lipinski definition) is 0. The number of hydrogen-bond acceptors (Lipinski definition) is 8. The molecule has 3 aromatic heterocycles. The minimum absolute atomic E-state index is 0.0756. The first-order chi connectivity index (χ1) is 16.7. The lowest BCUT2D eigenvalue weighted by molar-refractivity contribution is -0.133. The first kappa shape index (κ1) is 22.4. The molecule has 0 N–H and O–H groups in total. The fourth-order valence-electron chi connectivity index (χ4n) is 4.18. The Bertz CT molecular complexity index is 1310. The smallest absolute Gasteiger partial charge is 0.261 e. The highest BCUT2D eigenvalue weighted by molar-refractivity contribution is 7.13. The molecule has 0 saturated carbocycles. The number of amides is 1. The number of para-hydroxylation sites is 1. The minimum atomic E-state index is -0.105. The van der Waals surface area contributed by atoms with Gasteiger partial charge in [-0.05, 0) is 36.5 Å². The highest BCUT2D eigenvalue weighted by Crippen LogP contribution is 2.21. The van der Waals surface area contributed by atoms with Crippen LogP contribution in [0.1, 0.15) is 18.7 Å². The Morgan fingerprint density at radius 1 is 1.06 bits per heavy atom. The van der Waals surface area contributed by atoms with E-state index in [0.717, 1.165) is 37.4 Å². The highest BCUT2D eigenvalue weighted by Gasteiger charge is 2.21. The SMILES string of the molecule is O=C(CCn1cnc2ccccc2c1=O)N1CCN(CCCc2nc(-c3cccs3)no2)CC1. The highest BCUT2D eigenvalue weighted by atomic mass is 32.1. The molecule has 1 fully saturated rings. The lowest BCUT2D eigenvalue weighted by atomic mass is 10.2.